The van der Waals surface area contributed by atoms with Gasteiger partial charge in [0.1, 0.15) is 11.3 Å². The van der Waals surface area contributed by atoms with Gasteiger partial charge in [-0.3, -0.25) is 4.79 Å². The largest absolute Gasteiger partial charge is 0.493 e. The molecule has 1 aliphatic rings. The van der Waals surface area contributed by atoms with Gasteiger partial charge < -0.3 is 19.5 Å². The molecule has 0 aromatic heterocycles. The van der Waals surface area contributed by atoms with E-state index in [1.165, 1.54) is 7.11 Å². The predicted molar refractivity (Wildman–Crippen MR) is 116 cm³/mol. The molecule has 6 nitrogen and oxygen atoms in total. The second kappa shape index (κ2) is 9.69. The first-order valence-corrected chi connectivity index (χ1v) is 10.4. The fourth-order valence-electron chi connectivity index (χ4n) is 3.63. The Kier molecular flexibility index (Phi) is 7.23. The van der Waals surface area contributed by atoms with E-state index in [1.807, 2.05) is 6.92 Å². The van der Waals surface area contributed by atoms with Gasteiger partial charge in [0.05, 0.1) is 19.1 Å². The maximum absolute atomic E-state index is 13.5. The fourth-order valence-corrected chi connectivity index (χ4v) is 4.21. The zero-order chi connectivity index (χ0) is 21.7. The molecule has 0 aliphatic carbocycles. The minimum absolute atomic E-state index is 0.227. The summed E-state index contributed by atoms with van der Waals surface area (Å²) in [5.74, 6) is -0.380. The highest BCUT2D eigenvalue weighted by molar-refractivity contribution is 6.35. The van der Waals surface area contributed by atoms with E-state index in [4.69, 9.17) is 37.4 Å². The summed E-state index contributed by atoms with van der Waals surface area (Å²) in [6.45, 7) is 3.08. The number of hydrogen-bond acceptors (Lipinski definition) is 5. The van der Waals surface area contributed by atoms with Gasteiger partial charge in [-0.2, -0.15) is 0 Å². The standard InChI is InChI=1S/C22H23Cl2NO5/c1-3-30-19-7-5-15(13-16(19)20(26)28-2)25-21(27)22(8-10-29-11-9-22)17-6-4-14(23)12-18(17)24/h4-7,12-13H,3,8-11H2,1-2H3,(H,25,27). The van der Waals surface area contributed by atoms with Crippen LogP contribution in [0.15, 0.2) is 36.4 Å². The van der Waals surface area contributed by atoms with Crippen molar-refractivity contribution >= 4 is 40.8 Å². The van der Waals surface area contributed by atoms with Crippen molar-refractivity contribution in [1.29, 1.82) is 0 Å². The number of ether oxygens (including phenoxy) is 3. The first-order valence-electron chi connectivity index (χ1n) is 9.61. The minimum atomic E-state index is -0.871. The van der Waals surface area contributed by atoms with Crippen molar-refractivity contribution in [3.63, 3.8) is 0 Å². The molecule has 1 amide bonds. The van der Waals surface area contributed by atoms with Crippen LogP contribution in [0.1, 0.15) is 35.7 Å². The molecule has 30 heavy (non-hydrogen) atoms. The summed E-state index contributed by atoms with van der Waals surface area (Å²) in [4.78, 5) is 25.6. The average molecular weight is 452 g/mol. The van der Waals surface area contributed by atoms with Crippen LogP contribution in [-0.2, 0) is 19.7 Å². The first kappa shape index (κ1) is 22.4. The predicted octanol–water partition coefficient (Wildman–Crippen LogP) is 4.87. The lowest BCUT2D eigenvalue weighted by atomic mass is 9.73. The second-order valence-corrected chi connectivity index (χ2v) is 7.75. The number of carbonyl (C=O) groups is 2. The van der Waals surface area contributed by atoms with Crippen LogP contribution >= 0.6 is 23.2 Å². The Morgan fingerprint density at radius 2 is 1.87 bits per heavy atom. The van der Waals surface area contributed by atoms with Crippen LogP contribution in [0, 0.1) is 0 Å². The molecular formula is C22H23Cl2NO5. The van der Waals surface area contributed by atoms with E-state index in [9.17, 15) is 9.59 Å². The average Bonchev–Trinajstić information content (AvgIpc) is 2.74. The number of benzene rings is 2. The van der Waals surface area contributed by atoms with Crippen molar-refractivity contribution in [3.8, 4) is 5.75 Å². The van der Waals surface area contributed by atoms with Crippen molar-refractivity contribution in [3.05, 3.63) is 57.6 Å². The molecule has 0 unspecified atom stereocenters. The Bertz CT molecular complexity index is 941. The lowest BCUT2D eigenvalue weighted by Gasteiger charge is -2.37. The van der Waals surface area contributed by atoms with Gasteiger partial charge in [-0.05, 0) is 55.7 Å². The minimum Gasteiger partial charge on any atom is -0.493 e. The third-order valence-corrected chi connectivity index (χ3v) is 5.72. The molecule has 0 atom stereocenters. The fraction of sp³-hybridized carbons (Fsp3) is 0.364. The zero-order valence-corrected chi connectivity index (χ0v) is 18.3. The van der Waals surface area contributed by atoms with Gasteiger partial charge in [0.25, 0.3) is 0 Å². The van der Waals surface area contributed by atoms with Gasteiger partial charge in [-0.25, -0.2) is 4.79 Å². The summed E-state index contributed by atoms with van der Waals surface area (Å²) >= 11 is 12.5. The Morgan fingerprint density at radius 1 is 1.13 bits per heavy atom. The lowest BCUT2D eigenvalue weighted by molar-refractivity contribution is -0.125. The molecule has 0 radical (unpaired) electrons. The van der Waals surface area contributed by atoms with Crippen molar-refractivity contribution < 1.29 is 23.8 Å². The van der Waals surface area contributed by atoms with Gasteiger partial charge in [0.15, 0.2) is 0 Å². The zero-order valence-electron chi connectivity index (χ0n) is 16.8. The van der Waals surface area contributed by atoms with Gasteiger partial charge >= 0.3 is 5.97 Å². The molecule has 2 aromatic rings. The van der Waals surface area contributed by atoms with Crippen LogP contribution in [0.3, 0.4) is 0 Å². The summed E-state index contributed by atoms with van der Waals surface area (Å²) < 4.78 is 15.8. The number of methoxy groups -OCH3 is 1. The smallest absolute Gasteiger partial charge is 0.341 e. The van der Waals surface area contributed by atoms with Gasteiger partial charge in [-0.1, -0.05) is 29.3 Å². The quantitative estimate of drug-likeness (QED) is 0.634. The highest BCUT2D eigenvalue weighted by Gasteiger charge is 2.43. The van der Waals surface area contributed by atoms with Crippen molar-refractivity contribution in [2.45, 2.75) is 25.2 Å². The number of nitrogens with one attached hydrogen (secondary N) is 1. The normalized spacial score (nSPS) is 15.3. The van der Waals surface area contributed by atoms with E-state index in [-0.39, 0.29) is 11.5 Å². The molecule has 0 saturated carbocycles. The maximum Gasteiger partial charge on any atom is 0.341 e. The van der Waals surface area contributed by atoms with Gasteiger partial charge in [-0.15, -0.1) is 0 Å². The SMILES string of the molecule is CCOc1ccc(NC(=O)C2(c3ccc(Cl)cc3Cl)CCOCC2)cc1C(=O)OC. The third kappa shape index (κ3) is 4.56. The van der Waals surface area contributed by atoms with Crippen LogP contribution < -0.4 is 10.1 Å². The number of amides is 1. The highest BCUT2D eigenvalue weighted by Crippen LogP contribution is 2.40. The van der Waals surface area contributed by atoms with E-state index >= 15 is 0 Å². The first-order chi connectivity index (χ1) is 14.4. The van der Waals surface area contributed by atoms with Crippen molar-refractivity contribution in [2.75, 3.05) is 32.2 Å². The topological polar surface area (TPSA) is 73.9 Å². The van der Waals surface area contributed by atoms with Crippen LogP contribution in [0.5, 0.6) is 5.75 Å². The second-order valence-electron chi connectivity index (χ2n) is 6.91. The van der Waals surface area contributed by atoms with Crippen molar-refractivity contribution in [1.82, 2.24) is 0 Å². The van der Waals surface area contributed by atoms with Crippen molar-refractivity contribution in [2.24, 2.45) is 0 Å². The third-order valence-electron chi connectivity index (χ3n) is 5.17. The summed E-state index contributed by atoms with van der Waals surface area (Å²) in [6, 6.07) is 10.0. The van der Waals surface area contributed by atoms with Crippen LogP contribution in [0.4, 0.5) is 5.69 Å². The molecule has 0 spiro atoms. The van der Waals surface area contributed by atoms with Crippen LogP contribution in [0.2, 0.25) is 10.0 Å². The van der Waals surface area contributed by atoms with Gasteiger partial charge in [0, 0.05) is 28.9 Å². The van der Waals surface area contributed by atoms with E-state index in [0.717, 1.165) is 0 Å². The number of esters is 1. The molecule has 1 N–H and O–H groups in total. The Morgan fingerprint density at radius 3 is 2.50 bits per heavy atom. The molecule has 8 heteroatoms. The van der Waals surface area contributed by atoms with E-state index in [2.05, 4.69) is 5.32 Å². The van der Waals surface area contributed by atoms with E-state index in [1.54, 1.807) is 36.4 Å². The summed E-state index contributed by atoms with van der Waals surface area (Å²) in [5, 5.41) is 3.86. The summed E-state index contributed by atoms with van der Waals surface area (Å²) in [6.07, 6.45) is 0.947. The Balaban J connectivity index is 1.96. The molecule has 160 valence electrons. The number of hydrogen-bond donors (Lipinski definition) is 1. The number of rotatable bonds is 6. The molecule has 1 fully saturated rings. The van der Waals surface area contributed by atoms with E-state index in [0.29, 0.717) is 59.7 Å². The molecule has 3 rings (SSSR count). The number of anilines is 1. The van der Waals surface area contributed by atoms with E-state index < -0.39 is 11.4 Å². The summed E-state index contributed by atoms with van der Waals surface area (Å²) in [5.41, 5.74) is 0.528. The molecule has 0 bridgehead atoms. The molecule has 1 heterocycles. The Hall–Kier alpha value is -2.28. The lowest BCUT2D eigenvalue weighted by Crippen LogP contribution is -2.45. The highest BCUT2D eigenvalue weighted by atomic mass is 35.5. The number of halogens is 2. The molecule has 2 aromatic carbocycles. The van der Waals surface area contributed by atoms with Crippen LogP contribution in [0.25, 0.3) is 0 Å². The number of carbonyl (C=O) groups excluding carboxylic acids is 2. The molecular weight excluding hydrogens is 429 g/mol. The van der Waals surface area contributed by atoms with Crippen LogP contribution in [-0.4, -0.2) is 38.8 Å². The Labute approximate surface area is 185 Å². The molecule has 1 aliphatic heterocycles. The summed E-state index contributed by atoms with van der Waals surface area (Å²) in [7, 11) is 1.29. The van der Waals surface area contributed by atoms with Gasteiger partial charge in [0.2, 0.25) is 5.91 Å². The maximum atomic E-state index is 13.5. The molecule has 1 saturated heterocycles. The monoisotopic (exact) mass is 451 g/mol.